The van der Waals surface area contributed by atoms with E-state index in [4.69, 9.17) is 19.4 Å². The van der Waals surface area contributed by atoms with Crippen molar-refractivity contribution in [3.8, 4) is 22.6 Å². The maximum Gasteiger partial charge on any atom is 0.230 e. The molecule has 3 N–H and O–H groups in total. The number of aromatic amines is 1. The van der Waals surface area contributed by atoms with E-state index in [2.05, 4.69) is 20.6 Å². The highest BCUT2D eigenvalue weighted by molar-refractivity contribution is 5.82. The molecule has 0 spiro atoms. The molecule has 1 aliphatic heterocycles. The summed E-state index contributed by atoms with van der Waals surface area (Å²) in [5.74, 6) is 1.07. The quantitative estimate of drug-likeness (QED) is 0.252. The Morgan fingerprint density at radius 3 is 2.51 bits per heavy atom. The fraction of sp³-hybridized carbons (Fsp3) is 0.355. The molecule has 4 aromatic rings. The number of hydrogen-bond acceptors (Lipinski definition) is 7. The molecule has 2 aliphatic rings. The molecule has 1 saturated heterocycles. The van der Waals surface area contributed by atoms with Gasteiger partial charge >= 0.3 is 0 Å². The molecule has 2 aromatic carbocycles. The first kappa shape index (κ1) is 27.0. The highest BCUT2D eigenvalue weighted by Crippen LogP contribution is 2.36. The van der Waals surface area contributed by atoms with Crippen LogP contribution in [0.5, 0.6) is 0 Å². The molecule has 6 rings (SSSR count). The summed E-state index contributed by atoms with van der Waals surface area (Å²) in [7, 11) is 0. The van der Waals surface area contributed by atoms with Crippen LogP contribution in [0.25, 0.3) is 22.6 Å². The minimum Gasteiger partial charge on any atom is -0.355 e. The highest BCUT2D eigenvalue weighted by atomic mass is 19.1. The Bertz CT molecular complexity index is 1500. The van der Waals surface area contributed by atoms with Gasteiger partial charge in [0.15, 0.2) is 5.82 Å². The molecule has 41 heavy (non-hydrogen) atoms. The fourth-order valence-electron chi connectivity index (χ4n) is 4.76. The molecule has 3 heterocycles. The maximum atomic E-state index is 13.7. The number of benzene rings is 2. The third kappa shape index (κ3) is 6.13. The summed E-state index contributed by atoms with van der Waals surface area (Å²) in [6.07, 6.45) is 3.21. The van der Waals surface area contributed by atoms with Crippen LogP contribution in [0.1, 0.15) is 50.4 Å². The molecule has 10 heteroatoms. The van der Waals surface area contributed by atoms with E-state index in [0.29, 0.717) is 46.9 Å². The molecule has 2 fully saturated rings. The Hall–Kier alpha value is -4.15. The van der Waals surface area contributed by atoms with Crippen molar-refractivity contribution in [1.82, 2.24) is 25.3 Å². The number of nitrogens with zero attached hydrogens (tertiary/aromatic N) is 3. The van der Waals surface area contributed by atoms with Crippen molar-refractivity contribution in [3.05, 3.63) is 84.1 Å². The highest BCUT2D eigenvalue weighted by Gasteiger charge is 2.41. The van der Waals surface area contributed by atoms with Gasteiger partial charge in [0.05, 0.1) is 41.8 Å². The number of ether oxygens (including phenoxy) is 2. The summed E-state index contributed by atoms with van der Waals surface area (Å²) >= 11 is 0. The molecule has 2 aromatic heterocycles. The standard InChI is InChI=1S/C31H33FN6O3/c1-19(21-6-4-3-5-7-21)35-30-33-15-14-24(36-30)26-25(22-10-12-23(32)13-11-22)37-27(38-26)28-40-17-31(2,18-41-28)29(39)34-16-20-8-9-20/h3-7,10-15,19-20,28H,8-9,16-18H2,1-2H3,(H,34,39)(H,37,38)(H,33,35,36). The van der Waals surface area contributed by atoms with E-state index in [-0.39, 0.29) is 31.0 Å². The molecule has 1 atom stereocenters. The van der Waals surface area contributed by atoms with E-state index in [1.807, 2.05) is 44.2 Å². The SMILES string of the molecule is CC(Nc1nccc(-c2[nH]c(C3OCC(C)(C(=O)NCC4CC4)CO3)nc2-c2ccc(F)cc2)n1)c1ccccc1. The molecular formula is C31H33FN6O3. The molecule has 9 nitrogen and oxygen atoms in total. The first-order valence-electron chi connectivity index (χ1n) is 13.9. The number of hydrogen-bond donors (Lipinski definition) is 3. The zero-order chi connectivity index (χ0) is 28.4. The van der Waals surface area contributed by atoms with Gasteiger partial charge in [-0.25, -0.2) is 19.3 Å². The number of halogens is 1. The second kappa shape index (κ2) is 11.4. The zero-order valence-corrected chi connectivity index (χ0v) is 23.1. The van der Waals surface area contributed by atoms with Gasteiger partial charge in [-0.1, -0.05) is 30.3 Å². The van der Waals surface area contributed by atoms with Crippen molar-refractivity contribution in [3.63, 3.8) is 0 Å². The second-order valence-electron chi connectivity index (χ2n) is 11.1. The van der Waals surface area contributed by atoms with Crippen LogP contribution in [-0.4, -0.2) is 45.6 Å². The number of aromatic nitrogens is 4. The van der Waals surface area contributed by atoms with Gasteiger partial charge in [-0.3, -0.25) is 4.79 Å². The Morgan fingerprint density at radius 1 is 1.07 bits per heavy atom. The third-order valence-electron chi connectivity index (χ3n) is 7.52. The van der Waals surface area contributed by atoms with Crippen LogP contribution in [0.2, 0.25) is 0 Å². The number of rotatable bonds is 9. The maximum absolute atomic E-state index is 13.7. The average molecular weight is 557 g/mol. The fourth-order valence-corrected chi connectivity index (χ4v) is 4.76. The number of H-pyrrole nitrogens is 1. The molecule has 0 radical (unpaired) electrons. The Kier molecular flexibility index (Phi) is 7.51. The first-order chi connectivity index (χ1) is 19.9. The zero-order valence-electron chi connectivity index (χ0n) is 23.1. The van der Waals surface area contributed by atoms with Gasteiger partial charge in [0.1, 0.15) is 5.82 Å². The minimum absolute atomic E-state index is 0.0137. The van der Waals surface area contributed by atoms with Gasteiger partial charge in [-0.05, 0) is 68.5 Å². The lowest BCUT2D eigenvalue weighted by atomic mass is 9.91. The van der Waals surface area contributed by atoms with Gasteiger partial charge < -0.3 is 25.1 Å². The van der Waals surface area contributed by atoms with Gasteiger partial charge in [-0.15, -0.1) is 0 Å². The minimum atomic E-state index is -0.801. The Morgan fingerprint density at radius 2 is 1.80 bits per heavy atom. The van der Waals surface area contributed by atoms with Crippen LogP contribution in [0.3, 0.4) is 0 Å². The number of carbonyl (C=O) groups is 1. The summed E-state index contributed by atoms with van der Waals surface area (Å²) < 4.78 is 25.8. The molecule has 1 unspecified atom stereocenters. The van der Waals surface area contributed by atoms with Crippen LogP contribution < -0.4 is 10.6 Å². The van der Waals surface area contributed by atoms with Crippen LogP contribution >= 0.6 is 0 Å². The predicted molar refractivity (Wildman–Crippen MR) is 152 cm³/mol. The number of amides is 1. The molecule has 1 saturated carbocycles. The van der Waals surface area contributed by atoms with E-state index in [1.165, 1.54) is 25.0 Å². The van der Waals surface area contributed by atoms with Gasteiger partial charge in [0, 0.05) is 18.3 Å². The van der Waals surface area contributed by atoms with Crippen molar-refractivity contribution in [1.29, 1.82) is 0 Å². The smallest absolute Gasteiger partial charge is 0.230 e. The summed E-state index contributed by atoms with van der Waals surface area (Å²) in [5, 5.41) is 6.38. The summed E-state index contributed by atoms with van der Waals surface area (Å²) in [4.78, 5) is 30.1. The van der Waals surface area contributed by atoms with E-state index < -0.39 is 11.7 Å². The van der Waals surface area contributed by atoms with Crippen LogP contribution in [0, 0.1) is 17.2 Å². The average Bonchev–Trinajstić information content (AvgIpc) is 3.73. The van der Waals surface area contributed by atoms with E-state index in [0.717, 1.165) is 5.56 Å². The molecule has 1 aliphatic carbocycles. The Labute approximate surface area is 237 Å². The summed E-state index contributed by atoms with van der Waals surface area (Å²) in [6, 6.07) is 17.9. The third-order valence-corrected chi connectivity index (χ3v) is 7.52. The van der Waals surface area contributed by atoms with Crippen molar-refractivity contribution in [2.24, 2.45) is 11.3 Å². The number of imidazole rings is 1. The van der Waals surface area contributed by atoms with E-state index in [1.54, 1.807) is 24.4 Å². The predicted octanol–water partition coefficient (Wildman–Crippen LogP) is 5.42. The number of nitrogens with one attached hydrogen (secondary N) is 3. The molecular weight excluding hydrogens is 523 g/mol. The molecule has 0 bridgehead atoms. The van der Waals surface area contributed by atoms with E-state index >= 15 is 0 Å². The van der Waals surface area contributed by atoms with Crippen molar-refractivity contribution in [2.75, 3.05) is 25.1 Å². The number of anilines is 1. The molecule has 1 amide bonds. The first-order valence-corrected chi connectivity index (χ1v) is 13.9. The van der Waals surface area contributed by atoms with Crippen LogP contribution in [0.15, 0.2) is 66.9 Å². The second-order valence-corrected chi connectivity index (χ2v) is 11.1. The van der Waals surface area contributed by atoms with E-state index in [9.17, 15) is 9.18 Å². The Balaban J connectivity index is 1.25. The lowest BCUT2D eigenvalue weighted by Gasteiger charge is -2.35. The topological polar surface area (TPSA) is 114 Å². The molecule has 212 valence electrons. The van der Waals surface area contributed by atoms with Crippen molar-refractivity contribution < 1.29 is 18.7 Å². The van der Waals surface area contributed by atoms with Crippen LogP contribution in [-0.2, 0) is 14.3 Å². The van der Waals surface area contributed by atoms with Crippen molar-refractivity contribution >= 4 is 11.9 Å². The van der Waals surface area contributed by atoms with Crippen molar-refractivity contribution in [2.45, 2.75) is 39.0 Å². The van der Waals surface area contributed by atoms with Gasteiger partial charge in [0.2, 0.25) is 18.1 Å². The largest absolute Gasteiger partial charge is 0.355 e. The lowest BCUT2D eigenvalue weighted by molar-refractivity contribution is -0.231. The lowest BCUT2D eigenvalue weighted by Crippen LogP contribution is -2.49. The normalized spacial score (nSPS) is 21.3. The number of carbonyl (C=O) groups excluding carboxylic acids is 1. The van der Waals surface area contributed by atoms with Gasteiger partial charge in [-0.2, -0.15) is 0 Å². The van der Waals surface area contributed by atoms with Gasteiger partial charge in [0.25, 0.3) is 0 Å². The van der Waals surface area contributed by atoms with Crippen LogP contribution in [0.4, 0.5) is 10.3 Å². The summed E-state index contributed by atoms with van der Waals surface area (Å²) in [6.45, 7) is 4.96. The monoisotopic (exact) mass is 556 g/mol. The summed E-state index contributed by atoms with van der Waals surface area (Å²) in [5.41, 5.74) is 2.81.